The number of amides is 1. The summed E-state index contributed by atoms with van der Waals surface area (Å²) in [6.45, 7) is 8.55. The van der Waals surface area contributed by atoms with Crippen molar-refractivity contribution in [3.63, 3.8) is 0 Å². The van der Waals surface area contributed by atoms with Crippen molar-refractivity contribution < 1.29 is 4.79 Å². The summed E-state index contributed by atoms with van der Waals surface area (Å²) in [7, 11) is 0. The van der Waals surface area contributed by atoms with Crippen molar-refractivity contribution in [2.45, 2.75) is 13.8 Å². The molecule has 0 saturated heterocycles. The summed E-state index contributed by atoms with van der Waals surface area (Å²) in [5.74, 6) is -0.0138. The molecule has 0 fully saturated rings. The van der Waals surface area contributed by atoms with Crippen LogP contribution in [0.3, 0.4) is 0 Å². The van der Waals surface area contributed by atoms with Gasteiger partial charge in [-0.1, -0.05) is 55.7 Å². The molecule has 0 aromatic carbocycles. The first kappa shape index (κ1) is 16.7. The SMILES string of the molecule is C=C/C=C\C=C(/C)N(C(=O)CNCC)C1=C=CC=CC=C1. The van der Waals surface area contributed by atoms with E-state index < -0.39 is 0 Å². The molecule has 0 aromatic heterocycles. The first-order valence-corrected chi connectivity index (χ1v) is 7.00. The Hall–Kier alpha value is -2.35. The predicted molar refractivity (Wildman–Crippen MR) is 88.4 cm³/mol. The second-order valence-electron chi connectivity index (χ2n) is 4.38. The van der Waals surface area contributed by atoms with Gasteiger partial charge in [-0.2, -0.15) is 0 Å². The molecule has 1 aliphatic carbocycles. The van der Waals surface area contributed by atoms with Gasteiger partial charge in [-0.25, -0.2) is 0 Å². The van der Waals surface area contributed by atoms with Crippen molar-refractivity contribution in [2.75, 3.05) is 13.1 Å². The van der Waals surface area contributed by atoms with E-state index in [0.717, 1.165) is 17.9 Å². The molecule has 3 heteroatoms. The summed E-state index contributed by atoms with van der Waals surface area (Å²) in [5.41, 5.74) is 4.68. The van der Waals surface area contributed by atoms with Crippen molar-refractivity contribution in [2.24, 2.45) is 0 Å². The van der Waals surface area contributed by atoms with Crippen LogP contribution in [-0.4, -0.2) is 23.9 Å². The zero-order chi connectivity index (χ0) is 15.5. The zero-order valence-electron chi connectivity index (χ0n) is 12.7. The molecule has 1 N–H and O–H groups in total. The Bertz CT molecular complexity index is 556. The van der Waals surface area contributed by atoms with Crippen molar-refractivity contribution in [3.8, 4) is 0 Å². The summed E-state index contributed by atoms with van der Waals surface area (Å²) in [6, 6.07) is 0. The number of likely N-dealkylation sites (N-methyl/N-ethyl adjacent to an activating group) is 1. The van der Waals surface area contributed by atoms with Crippen LogP contribution in [0.25, 0.3) is 0 Å². The fourth-order valence-corrected chi connectivity index (χ4v) is 1.77. The number of rotatable bonds is 7. The van der Waals surface area contributed by atoms with Gasteiger partial charge in [0.2, 0.25) is 5.91 Å². The fraction of sp³-hybridized carbons (Fsp3) is 0.222. The smallest absolute Gasteiger partial charge is 0.245 e. The van der Waals surface area contributed by atoms with Crippen LogP contribution in [0.1, 0.15) is 13.8 Å². The highest BCUT2D eigenvalue weighted by Gasteiger charge is 2.17. The molecule has 1 rings (SSSR count). The average molecular weight is 282 g/mol. The minimum Gasteiger partial charge on any atom is -0.309 e. The number of nitrogens with zero attached hydrogens (tertiary/aromatic N) is 1. The third-order valence-electron chi connectivity index (χ3n) is 2.76. The second kappa shape index (κ2) is 9.54. The first-order chi connectivity index (χ1) is 10.2. The minimum absolute atomic E-state index is 0.0138. The normalized spacial score (nSPS) is 14.2. The third-order valence-corrected chi connectivity index (χ3v) is 2.76. The Labute approximate surface area is 127 Å². The topological polar surface area (TPSA) is 32.3 Å². The quantitative estimate of drug-likeness (QED) is 0.574. The van der Waals surface area contributed by atoms with E-state index in [1.165, 1.54) is 0 Å². The zero-order valence-corrected chi connectivity index (χ0v) is 12.7. The highest BCUT2D eigenvalue weighted by atomic mass is 16.2. The number of allylic oxidation sites excluding steroid dienone is 9. The van der Waals surface area contributed by atoms with Gasteiger partial charge >= 0.3 is 0 Å². The molecule has 0 heterocycles. The summed E-state index contributed by atoms with van der Waals surface area (Å²) in [5, 5.41) is 3.06. The van der Waals surface area contributed by atoms with Gasteiger partial charge in [0, 0.05) is 5.70 Å². The van der Waals surface area contributed by atoms with Crippen molar-refractivity contribution in [3.05, 3.63) is 78.4 Å². The third kappa shape index (κ3) is 5.65. The van der Waals surface area contributed by atoms with Gasteiger partial charge in [-0.15, -0.1) is 0 Å². The van der Waals surface area contributed by atoms with Crippen LogP contribution in [0, 0.1) is 0 Å². The van der Waals surface area contributed by atoms with Gasteiger partial charge in [0.15, 0.2) is 0 Å². The molecule has 0 aromatic rings. The Morgan fingerprint density at radius 1 is 1.38 bits per heavy atom. The van der Waals surface area contributed by atoms with Gasteiger partial charge in [0.1, 0.15) is 0 Å². The Morgan fingerprint density at radius 3 is 2.90 bits per heavy atom. The van der Waals surface area contributed by atoms with E-state index in [2.05, 4.69) is 17.6 Å². The van der Waals surface area contributed by atoms with Gasteiger partial charge in [-0.3, -0.25) is 9.69 Å². The molecule has 21 heavy (non-hydrogen) atoms. The molecule has 1 aliphatic rings. The first-order valence-electron chi connectivity index (χ1n) is 7.00. The standard InChI is InChI=1S/C18H22N2O/c1-4-6-9-12-16(3)20(18(21)15-19-5-2)17-13-10-7-8-11-14-17/h4,6-13,19H,1,5,15H2,2-3H3/b9-6-,16-12+. The number of hydrogen-bond acceptors (Lipinski definition) is 2. The van der Waals surface area contributed by atoms with Gasteiger partial charge in [-0.05, 0) is 31.7 Å². The molecule has 1 amide bonds. The molecule has 0 atom stereocenters. The molecule has 0 bridgehead atoms. The molecule has 110 valence electrons. The monoisotopic (exact) mass is 282 g/mol. The van der Waals surface area contributed by atoms with Gasteiger partial charge < -0.3 is 5.32 Å². The highest BCUT2D eigenvalue weighted by Crippen LogP contribution is 2.15. The molecule has 3 nitrogen and oxygen atoms in total. The summed E-state index contributed by atoms with van der Waals surface area (Å²) >= 11 is 0. The summed E-state index contributed by atoms with van der Waals surface area (Å²) in [4.78, 5) is 14.1. The maximum Gasteiger partial charge on any atom is 0.245 e. The maximum atomic E-state index is 12.4. The molecular formula is C18H22N2O. The molecular weight excluding hydrogens is 260 g/mol. The number of carbonyl (C=O) groups is 1. The lowest BCUT2D eigenvalue weighted by Gasteiger charge is -2.23. The molecule has 0 saturated carbocycles. The van der Waals surface area contributed by atoms with E-state index in [4.69, 9.17) is 0 Å². The van der Waals surface area contributed by atoms with Crippen LogP contribution in [-0.2, 0) is 4.79 Å². The van der Waals surface area contributed by atoms with E-state index >= 15 is 0 Å². The van der Waals surface area contributed by atoms with E-state index in [0.29, 0.717) is 6.54 Å². The average Bonchev–Trinajstić information content (AvgIpc) is 2.75. The molecule has 0 spiro atoms. The van der Waals surface area contributed by atoms with Crippen LogP contribution in [0.4, 0.5) is 0 Å². The lowest BCUT2D eigenvalue weighted by atomic mass is 10.2. The largest absolute Gasteiger partial charge is 0.309 e. The fourth-order valence-electron chi connectivity index (χ4n) is 1.77. The number of nitrogens with one attached hydrogen (secondary N) is 1. The molecule has 0 radical (unpaired) electrons. The van der Waals surface area contributed by atoms with Crippen molar-refractivity contribution in [1.29, 1.82) is 0 Å². The van der Waals surface area contributed by atoms with Crippen LogP contribution in [0.5, 0.6) is 0 Å². The highest BCUT2D eigenvalue weighted by molar-refractivity contribution is 5.82. The minimum atomic E-state index is -0.0138. The van der Waals surface area contributed by atoms with Crippen molar-refractivity contribution >= 4 is 5.91 Å². The lowest BCUT2D eigenvalue weighted by Crippen LogP contribution is -2.36. The van der Waals surface area contributed by atoms with E-state index in [1.807, 2.05) is 56.4 Å². The van der Waals surface area contributed by atoms with Gasteiger partial charge in [0.25, 0.3) is 0 Å². The second-order valence-corrected chi connectivity index (χ2v) is 4.38. The van der Waals surface area contributed by atoms with Crippen LogP contribution >= 0.6 is 0 Å². The lowest BCUT2D eigenvalue weighted by molar-refractivity contribution is -0.126. The molecule has 0 unspecified atom stereocenters. The number of carbonyl (C=O) groups excluding carboxylic acids is 1. The van der Waals surface area contributed by atoms with Gasteiger partial charge in [0.05, 0.1) is 12.2 Å². The van der Waals surface area contributed by atoms with Crippen molar-refractivity contribution in [1.82, 2.24) is 10.2 Å². The number of hydrogen-bond donors (Lipinski definition) is 1. The molecule has 0 aliphatic heterocycles. The Balaban J connectivity index is 3.08. The Kier molecular flexibility index (Phi) is 7.59. The van der Waals surface area contributed by atoms with Crippen LogP contribution in [0.15, 0.2) is 78.4 Å². The van der Waals surface area contributed by atoms with Crippen LogP contribution < -0.4 is 5.32 Å². The van der Waals surface area contributed by atoms with E-state index in [1.54, 1.807) is 17.1 Å². The summed E-state index contributed by atoms with van der Waals surface area (Å²) < 4.78 is 0. The maximum absolute atomic E-state index is 12.4. The summed E-state index contributed by atoms with van der Waals surface area (Å²) in [6.07, 6.45) is 16.6. The predicted octanol–water partition coefficient (Wildman–Crippen LogP) is 3.24. The van der Waals surface area contributed by atoms with E-state index in [-0.39, 0.29) is 5.91 Å². The van der Waals surface area contributed by atoms with Crippen LogP contribution in [0.2, 0.25) is 0 Å². The Morgan fingerprint density at radius 2 is 2.19 bits per heavy atom. The van der Waals surface area contributed by atoms with E-state index in [9.17, 15) is 4.79 Å².